The normalized spacial score (nSPS) is 17.5. The lowest BCUT2D eigenvalue weighted by molar-refractivity contribution is 0.141. The minimum absolute atomic E-state index is 0.0935. The number of hydrogen-bond donors (Lipinski definition) is 1. The van der Waals surface area contributed by atoms with Crippen molar-refractivity contribution in [2.75, 3.05) is 20.2 Å². The van der Waals surface area contributed by atoms with Gasteiger partial charge in [0.25, 0.3) is 5.56 Å². The summed E-state index contributed by atoms with van der Waals surface area (Å²) in [5.74, 6) is 2.04. The third-order valence-corrected chi connectivity index (χ3v) is 6.99. The van der Waals surface area contributed by atoms with E-state index in [1.54, 1.807) is 7.11 Å². The van der Waals surface area contributed by atoms with Crippen molar-refractivity contribution in [2.24, 2.45) is 5.92 Å². The van der Waals surface area contributed by atoms with Crippen LogP contribution in [0.1, 0.15) is 55.2 Å². The molecule has 1 N–H and O–H groups in total. The number of nitrogens with zero attached hydrogens (tertiary/aromatic N) is 5. The molecule has 2 aromatic heterocycles. The number of likely N-dealkylation sites (tertiary alicyclic amines) is 1. The summed E-state index contributed by atoms with van der Waals surface area (Å²) in [5.41, 5.74) is 3.74. The Balaban J connectivity index is 1.59. The first kappa shape index (κ1) is 23.2. The summed E-state index contributed by atoms with van der Waals surface area (Å²) in [4.78, 5) is 18.9. The number of benzene rings is 2. The van der Waals surface area contributed by atoms with Crippen LogP contribution in [0, 0.1) is 5.92 Å². The van der Waals surface area contributed by atoms with E-state index in [1.165, 1.54) is 12.0 Å². The average molecular weight is 473 g/mol. The molecule has 1 aliphatic rings. The first-order valence-electron chi connectivity index (χ1n) is 12.3. The highest BCUT2D eigenvalue weighted by molar-refractivity contribution is 5.80. The van der Waals surface area contributed by atoms with Gasteiger partial charge in [0.2, 0.25) is 0 Å². The number of pyridine rings is 1. The second-order valence-electron chi connectivity index (χ2n) is 9.52. The second kappa shape index (κ2) is 10.00. The van der Waals surface area contributed by atoms with Gasteiger partial charge in [-0.1, -0.05) is 32.0 Å². The van der Waals surface area contributed by atoms with Gasteiger partial charge in [-0.25, -0.2) is 4.68 Å². The fraction of sp³-hybridized carbons (Fsp3) is 0.407. The minimum Gasteiger partial charge on any atom is -0.497 e. The molecule has 182 valence electrons. The molecule has 8 heteroatoms. The molecule has 0 radical (unpaired) electrons. The van der Waals surface area contributed by atoms with Crippen molar-refractivity contribution in [3.05, 3.63) is 81.4 Å². The fourth-order valence-electron chi connectivity index (χ4n) is 5.08. The minimum atomic E-state index is -0.329. The maximum atomic E-state index is 13.4. The number of hydrogen-bond acceptors (Lipinski definition) is 6. The quantitative estimate of drug-likeness (QED) is 0.438. The molecule has 1 saturated heterocycles. The van der Waals surface area contributed by atoms with Crippen LogP contribution in [0.15, 0.2) is 53.3 Å². The highest BCUT2D eigenvalue weighted by Gasteiger charge is 2.32. The summed E-state index contributed by atoms with van der Waals surface area (Å²) >= 11 is 0. The van der Waals surface area contributed by atoms with Crippen LogP contribution in [-0.2, 0) is 13.0 Å². The highest BCUT2D eigenvalue weighted by atomic mass is 16.5. The van der Waals surface area contributed by atoms with Crippen LogP contribution < -0.4 is 10.3 Å². The van der Waals surface area contributed by atoms with E-state index in [-0.39, 0.29) is 11.6 Å². The summed E-state index contributed by atoms with van der Waals surface area (Å²) in [6.07, 6.45) is 3.22. The Morgan fingerprint density at radius 3 is 2.69 bits per heavy atom. The molecule has 0 saturated carbocycles. The predicted molar refractivity (Wildman–Crippen MR) is 136 cm³/mol. The van der Waals surface area contributed by atoms with E-state index >= 15 is 0 Å². The molecule has 0 bridgehead atoms. The number of rotatable bonds is 7. The zero-order valence-corrected chi connectivity index (χ0v) is 20.6. The summed E-state index contributed by atoms with van der Waals surface area (Å²) < 4.78 is 7.10. The summed E-state index contributed by atoms with van der Waals surface area (Å²) in [6.45, 7) is 6.71. The molecular formula is C27H32N6O2. The van der Waals surface area contributed by atoms with E-state index in [2.05, 4.69) is 51.4 Å². The lowest BCUT2D eigenvalue weighted by Crippen LogP contribution is -2.41. The second-order valence-corrected chi connectivity index (χ2v) is 9.52. The van der Waals surface area contributed by atoms with Crippen LogP contribution in [0.5, 0.6) is 5.75 Å². The van der Waals surface area contributed by atoms with Crippen LogP contribution >= 0.6 is 0 Å². The van der Waals surface area contributed by atoms with E-state index in [0.717, 1.165) is 48.1 Å². The van der Waals surface area contributed by atoms with Crippen LogP contribution in [0.4, 0.5) is 0 Å². The van der Waals surface area contributed by atoms with Gasteiger partial charge in [0.05, 0.1) is 13.7 Å². The number of fused-ring (bicyclic) bond motifs is 1. The van der Waals surface area contributed by atoms with Crippen molar-refractivity contribution in [1.29, 1.82) is 0 Å². The molecule has 1 fully saturated rings. The standard InChI is InChI=1S/C27H32N6O2/c1-4-19-9-12-24-21(14-19)15-23(27(34)28-24)25(32-13-5-6-18(2)16-32)26-29-30-31-33(26)17-20-7-10-22(35-3)11-8-20/h7-12,14-15,18,25H,4-6,13,16-17H2,1-3H3,(H,28,34)/t18-,25-/m1/s1. The summed E-state index contributed by atoms with van der Waals surface area (Å²) in [6, 6.07) is 15.8. The lowest BCUT2D eigenvalue weighted by atomic mass is 9.95. The molecule has 4 aromatic rings. The van der Waals surface area contributed by atoms with Crippen molar-refractivity contribution in [3.63, 3.8) is 0 Å². The Kier molecular flexibility index (Phi) is 6.63. The van der Waals surface area contributed by atoms with E-state index < -0.39 is 0 Å². The van der Waals surface area contributed by atoms with Crippen LogP contribution in [0.25, 0.3) is 10.9 Å². The topological polar surface area (TPSA) is 88.9 Å². The third-order valence-electron chi connectivity index (χ3n) is 6.99. The number of aromatic amines is 1. The zero-order chi connectivity index (χ0) is 24.4. The number of piperidine rings is 1. The number of aryl methyl sites for hydroxylation is 1. The Hall–Kier alpha value is -3.52. The van der Waals surface area contributed by atoms with Gasteiger partial charge in [-0.2, -0.15) is 0 Å². The van der Waals surface area contributed by atoms with Gasteiger partial charge >= 0.3 is 0 Å². The summed E-state index contributed by atoms with van der Waals surface area (Å²) in [7, 11) is 1.66. The van der Waals surface area contributed by atoms with Gasteiger partial charge in [0, 0.05) is 17.6 Å². The lowest BCUT2D eigenvalue weighted by Gasteiger charge is -2.36. The summed E-state index contributed by atoms with van der Waals surface area (Å²) in [5, 5.41) is 13.8. The fourth-order valence-corrected chi connectivity index (χ4v) is 5.08. The van der Waals surface area contributed by atoms with Gasteiger partial charge in [0.1, 0.15) is 11.8 Å². The Morgan fingerprint density at radius 1 is 1.14 bits per heavy atom. The highest BCUT2D eigenvalue weighted by Crippen LogP contribution is 2.31. The van der Waals surface area contributed by atoms with Gasteiger partial charge in [0.15, 0.2) is 5.82 Å². The first-order chi connectivity index (χ1) is 17.1. The molecule has 1 aliphatic heterocycles. The van der Waals surface area contributed by atoms with Gasteiger partial charge in [-0.05, 0) is 89.0 Å². The molecule has 2 atom stereocenters. The van der Waals surface area contributed by atoms with E-state index in [1.807, 2.05) is 41.1 Å². The molecule has 0 spiro atoms. The SMILES string of the molecule is CCc1ccc2[nH]c(=O)c([C@H](c3nnnn3Cc3ccc(OC)cc3)N3CCC[C@@H](C)C3)cc2c1. The zero-order valence-electron chi connectivity index (χ0n) is 20.6. The third kappa shape index (κ3) is 4.84. The number of tetrazole rings is 1. The van der Waals surface area contributed by atoms with Crippen molar-refractivity contribution in [3.8, 4) is 5.75 Å². The maximum Gasteiger partial charge on any atom is 0.253 e. The number of aromatic nitrogens is 5. The van der Waals surface area contributed by atoms with Crippen LogP contribution in [0.3, 0.4) is 0 Å². The Labute approximate surface area is 204 Å². The Morgan fingerprint density at radius 2 is 1.94 bits per heavy atom. The maximum absolute atomic E-state index is 13.4. The molecular weight excluding hydrogens is 440 g/mol. The number of nitrogens with one attached hydrogen (secondary N) is 1. The molecule has 2 aromatic carbocycles. The number of methoxy groups -OCH3 is 1. The average Bonchev–Trinajstić information content (AvgIpc) is 3.32. The largest absolute Gasteiger partial charge is 0.497 e. The molecule has 0 amide bonds. The van der Waals surface area contributed by atoms with E-state index in [9.17, 15) is 4.79 Å². The Bertz CT molecular complexity index is 1360. The monoisotopic (exact) mass is 472 g/mol. The molecule has 35 heavy (non-hydrogen) atoms. The van der Waals surface area contributed by atoms with E-state index in [4.69, 9.17) is 4.74 Å². The van der Waals surface area contributed by atoms with E-state index in [0.29, 0.717) is 23.9 Å². The number of ether oxygens (including phenoxy) is 1. The van der Waals surface area contributed by atoms with Crippen molar-refractivity contribution in [1.82, 2.24) is 30.1 Å². The molecule has 3 heterocycles. The molecule has 0 aliphatic carbocycles. The molecule has 8 nitrogen and oxygen atoms in total. The number of H-pyrrole nitrogens is 1. The molecule has 5 rings (SSSR count). The van der Waals surface area contributed by atoms with Crippen molar-refractivity contribution >= 4 is 10.9 Å². The smallest absolute Gasteiger partial charge is 0.253 e. The first-order valence-corrected chi connectivity index (χ1v) is 12.3. The van der Waals surface area contributed by atoms with Gasteiger partial charge < -0.3 is 9.72 Å². The van der Waals surface area contributed by atoms with Crippen LogP contribution in [-0.4, -0.2) is 50.3 Å². The van der Waals surface area contributed by atoms with Crippen LogP contribution in [0.2, 0.25) is 0 Å². The van der Waals surface area contributed by atoms with Crippen molar-refractivity contribution in [2.45, 2.75) is 45.7 Å². The van der Waals surface area contributed by atoms with Crippen molar-refractivity contribution < 1.29 is 4.74 Å². The van der Waals surface area contributed by atoms with Gasteiger partial charge in [-0.15, -0.1) is 5.10 Å². The predicted octanol–water partition coefficient (Wildman–Crippen LogP) is 3.96. The van der Waals surface area contributed by atoms with Gasteiger partial charge in [-0.3, -0.25) is 9.69 Å². The molecule has 0 unspecified atom stereocenters.